The lowest BCUT2D eigenvalue weighted by molar-refractivity contribution is 0.0774. The van der Waals surface area contributed by atoms with Gasteiger partial charge in [-0.2, -0.15) is 0 Å². The Balaban J connectivity index is 2.16. The van der Waals surface area contributed by atoms with Crippen molar-refractivity contribution in [1.82, 2.24) is 10.6 Å². The van der Waals surface area contributed by atoms with Crippen molar-refractivity contribution in [2.75, 3.05) is 27.3 Å². The number of hydrogen-bond donors (Lipinski definition) is 2. The Bertz CT molecular complexity index is 467. The van der Waals surface area contributed by atoms with Gasteiger partial charge in [0.25, 0.3) is 5.91 Å². The van der Waals surface area contributed by atoms with Crippen LogP contribution in [0.5, 0.6) is 5.75 Å². The molecule has 5 nitrogen and oxygen atoms in total. The van der Waals surface area contributed by atoms with Gasteiger partial charge >= 0.3 is 0 Å². The summed E-state index contributed by atoms with van der Waals surface area (Å²) in [5.41, 5.74) is -0.0771. The fraction of sp³-hybridized carbons (Fsp3) is 0.462. The molecule has 1 fully saturated rings. The highest BCUT2D eigenvalue weighted by atomic mass is 19.1. The van der Waals surface area contributed by atoms with Crippen LogP contribution in [0.3, 0.4) is 0 Å². The van der Waals surface area contributed by atoms with Gasteiger partial charge in [0.2, 0.25) is 0 Å². The van der Waals surface area contributed by atoms with Crippen LogP contribution in [-0.2, 0) is 4.74 Å². The van der Waals surface area contributed by atoms with Crippen LogP contribution < -0.4 is 15.4 Å². The van der Waals surface area contributed by atoms with Crippen LogP contribution in [0.2, 0.25) is 0 Å². The van der Waals surface area contributed by atoms with E-state index in [2.05, 4.69) is 10.6 Å². The normalized spacial score (nSPS) is 22.3. The van der Waals surface area contributed by atoms with Crippen LogP contribution in [0.4, 0.5) is 4.39 Å². The molecule has 0 aromatic heterocycles. The van der Waals surface area contributed by atoms with Gasteiger partial charge in [-0.15, -0.1) is 0 Å². The fourth-order valence-corrected chi connectivity index (χ4v) is 2.18. The molecule has 104 valence electrons. The molecule has 2 atom stereocenters. The molecule has 19 heavy (non-hydrogen) atoms. The molecule has 1 aromatic rings. The smallest absolute Gasteiger partial charge is 0.258 e. The van der Waals surface area contributed by atoms with E-state index in [1.54, 1.807) is 13.2 Å². The van der Waals surface area contributed by atoms with Crippen molar-refractivity contribution in [1.29, 1.82) is 0 Å². The van der Waals surface area contributed by atoms with Crippen molar-refractivity contribution in [3.05, 3.63) is 29.6 Å². The maximum atomic E-state index is 13.8. The average molecular weight is 268 g/mol. The summed E-state index contributed by atoms with van der Waals surface area (Å²) in [4.78, 5) is 12.1. The molecule has 1 heterocycles. The highest BCUT2D eigenvalue weighted by Crippen LogP contribution is 2.21. The Morgan fingerprint density at radius 2 is 2.21 bits per heavy atom. The second kappa shape index (κ2) is 5.99. The molecule has 1 unspecified atom stereocenters. The van der Waals surface area contributed by atoms with Crippen LogP contribution >= 0.6 is 0 Å². The maximum absolute atomic E-state index is 13.8. The predicted octanol–water partition coefficient (Wildman–Crippen LogP) is 0.551. The Labute approximate surface area is 111 Å². The maximum Gasteiger partial charge on any atom is 0.258 e. The highest BCUT2D eigenvalue weighted by Gasteiger charge is 2.30. The molecule has 0 radical (unpaired) electrons. The zero-order chi connectivity index (χ0) is 13.8. The number of halogens is 1. The predicted molar refractivity (Wildman–Crippen MR) is 67.9 cm³/mol. The molecule has 1 amide bonds. The van der Waals surface area contributed by atoms with E-state index < -0.39 is 11.7 Å². The SMILES string of the molecule is COc1cccc(F)c1C(=O)NC1CNC[C@@H]1OC. The van der Waals surface area contributed by atoms with Gasteiger partial charge in [0.05, 0.1) is 19.3 Å². The number of hydrogen-bond acceptors (Lipinski definition) is 4. The van der Waals surface area contributed by atoms with Crippen LogP contribution in [0.25, 0.3) is 0 Å². The molecule has 6 heteroatoms. The van der Waals surface area contributed by atoms with Crippen LogP contribution in [-0.4, -0.2) is 45.4 Å². The summed E-state index contributed by atoms with van der Waals surface area (Å²) in [5.74, 6) is -0.875. The molecule has 2 rings (SSSR count). The second-order valence-corrected chi connectivity index (χ2v) is 4.33. The Morgan fingerprint density at radius 3 is 2.89 bits per heavy atom. The molecule has 0 saturated carbocycles. The van der Waals surface area contributed by atoms with Crippen molar-refractivity contribution in [2.45, 2.75) is 12.1 Å². The minimum absolute atomic E-state index is 0.0771. The van der Waals surface area contributed by atoms with E-state index in [9.17, 15) is 9.18 Å². The number of carbonyl (C=O) groups excluding carboxylic acids is 1. The third kappa shape index (κ3) is 2.85. The van der Waals surface area contributed by atoms with E-state index in [0.29, 0.717) is 13.1 Å². The van der Waals surface area contributed by atoms with E-state index in [0.717, 1.165) is 0 Å². The summed E-state index contributed by atoms with van der Waals surface area (Å²) < 4.78 is 24.0. The third-order valence-electron chi connectivity index (χ3n) is 3.20. The number of carbonyl (C=O) groups is 1. The Morgan fingerprint density at radius 1 is 1.42 bits per heavy atom. The van der Waals surface area contributed by atoms with Crippen LogP contribution in [0.1, 0.15) is 10.4 Å². The second-order valence-electron chi connectivity index (χ2n) is 4.33. The molecule has 1 aliphatic rings. The Hall–Kier alpha value is -1.66. The summed E-state index contributed by atoms with van der Waals surface area (Å²) in [6, 6.07) is 4.11. The van der Waals surface area contributed by atoms with Crippen molar-refractivity contribution in [2.24, 2.45) is 0 Å². The third-order valence-corrected chi connectivity index (χ3v) is 3.20. The molecule has 1 aliphatic heterocycles. The molecular formula is C13H17FN2O3. The Kier molecular flexibility index (Phi) is 4.34. The molecular weight excluding hydrogens is 251 g/mol. The average Bonchev–Trinajstić information content (AvgIpc) is 2.85. The molecule has 0 spiro atoms. The summed E-state index contributed by atoms with van der Waals surface area (Å²) in [7, 11) is 2.99. The van der Waals surface area contributed by atoms with E-state index >= 15 is 0 Å². The number of nitrogens with one attached hydrogen (secondary N) is 2. The lowest BCUT2D eigenvalue weighted by Gasteiger charge is -2.19. The lowest BCUT2D eigenvalue weighted by Crippen LogP contribution is -2.43. The lowest BCUT2D eigenvalue weighted by atomic mass is 10.1. The topological polar surface area (TPSA) is 59.6 Å². The molecule has 1 saturated heterocycles. The zero-order valence-electron chi connectivity index (χ0n) is 10.9. The van der Waals surface area contributed by atoms with E-state index in [-0.39, 0.29) is 23.5 Å². The van der Waals surface area contributed by atoms with E-state index in [1.807, 2.05) is 0 Å². The summed E-state index contributed by atoms with van der Waals surface area (Å²) in [6.45, 7) is 1.26. The minimum Gasteiger partial charge on any atom is -0.496 e. The standard InChI is InChI=1S/C13H17FN2O3/c1-18-10-5-3-4-8(14)12(10)13(17)16-9-6-15-7-11(9)19-2/h3-5,9,11,15H,6-7H2,1-2H3,(H,16,17)/t9?,11-/m0/s1. The van der Waals surface area contributed by atoms with Gasteiger partial charge in [-0.05, 0) is 12.1 Å². The van der Waals surface area contributed by atoms with Crippen molar-refractivity contribution < 1.29 is 18.7 Å². The molecule has 1 aromatic carbocycles. The highest BCUT2D eigenvalue weighted by molar-refractivity contribution is 5.97. The number of rotatable bonds is 4. The number of amides is 1. The monoisotopic (exact) mass is 268 g/mol. The van der Waals surface area contributed by atoms with Gasteiger partial charge in [-0.3, -0.25) is 4.79 Å². The molecule has 0 aliphatic carbocycles. The summed E-state index contributed by atoms with van der Waals surface area (Å²) >= 11 is 0. The van der Waals surface area contributed by atoms with Crippen LogP contribution in [0, 0.1) is 5.82 Å². The number of methoxy groups -OCH3 is 2. The first-order valence-electron chi connectivity index (χ1n) is 6.04. The van der Waals surface area contributed by atoms with Gasteiger partial charge < -0.3 is 20.1 Å². The van der Waals surface area contributed by atoms with Gasteiger partial charge in [-0.1, -0.05) is 6.07 Å². The number of benzene rings is 1. The van der Waals surface area contributed by atoms with Crippen molar-refractivity contribution in [3.8, 4) is 5.75 Å². The van der Waals surface area contributed by atoms with Gasteiger partial charge in [0.1, 0.15) is 17.1 Å². The first-order valence-corrected chi connectivity index (χ1v) is 6.04. The van der Waals surface area contributed by atoms with E-state index in [1.165, 1.54) is 19.2 Å². The van der Waals surface area contributed by atoms with E-state index in [4.69, 9.17) is 9.47 Å². The quantitative estimate of drug-likeness (QED) is 0.837. The first-order chi connectivity index (χ1) is 9.17. The first kappa shape index (κ1) is 13.8. The van der Waals surface area contributed by atoms with Gasteiger partial charge in [0.15, 0.2) is 0 Å². The summed E-state index contributed by atoms with van der Waals surface area (Å²) in [6.07, 6.45) is -0.110. The molecule has 0 bridgehead atoms. The fourth-order valence-electron chi connectivity index (χ4n) is 2.18. The minimum atomic E-state index is -0.600. The number of ether oxygens (including phenoxy) is 2. The summed E-state index contributed by atoms with van der Waals surface area (Å²) in [5, 5.41) is 5.87. The van der Waals surface area contributed by atoms with Gasteiger partial charge in [-0.25, -0.2) is 4.39 Å². The van der Waals surface area contributed by atoms with Crippen molar-refractivity contribution >= 4 is 5.91 Å². The largest absolute Gasteiger partial charge is 0.496 e. The zero-order valence-corrected chi connectivity index (χ0v) is 10.9. The van der Waals surface area contributed by atoms with Gasteiger partial charge in [0, 0.05) is 20.2 Å². The van der Waals surface area contributed by atoms with Crippen LogP contribution in [0.15, 0.2) is 18.2 Å². The molecule has 2 N–H and O–H groups in total. The van der Waals surface area contributed by atoms with Crippen molar-refractivity contribution in [3.63, 3.8) is 0 Å².